The van der Waals surface area contributed by atoms with Crippen molar-refractivity contribution in [3.63, 3.8) is 0 Å². The minimum Gasteiger partial charge on any atom is -0.391 e. The zero-order chi connectivity index (χ0) is 17.8. The van der Waals surface area contributed by atoms with Gasteiger partial charge in [0.25, 0.3) is 0 Å². The summed E-state index contributed by atoms with van der Waals surface area (Å²) in [4.78, 5) is 11.9. The molecule has 2 aromatic rings. The SMILES string of the molecule is OCC1=CC=C[SH]1c1ccccc1CN1CCN(c2ccccn2)CC1. The Labute approximate surface area is 157 Å². The van der Waals surface area contributed by atoms with E-state index in [0.717, 1.165) is 43.4 Å². The topological polar surface area (TPSA) is 39.6 Å². The maximum Gasteiger partial charge on any atom is 0.128 e. The lowest BCUT2D eigenvalue weighted by molar-refractivity contribution is 0.247. The quantitative estimate of drug-likeness (QED) is 0.797. The smallest absolute Gasteiger partial charge is 0.128 e. The van der Waals surface area contributed by atoms with Gasteiger partial charge in [-0.15, -0.1) is 0 Å². The average molecular weight is 368 g/mol. The second-order valence-electron chi connectivity index (χ2n) is 6.61. The third kappa shape index (κ3) is 3.70. The lowest BCUT2D eigenvalue weighted by atomic mass is 10.2. The molecule has 3 heterocycles. The first-order chi connectivity index (χ1) is 12.8. The van der Waals surface area contributed by atoms with Crippen LogP contribution in [0.1, 0.15) is 5.56 Å². The second-order valence-corrected chi connectivity index (χ2v) is 8.70. The van der Waals surface area contributed by atoms with E-state index >= 15 is 0 Å². The van der Waals surface area contributed by atoms with Gasteiger partial charge >= 0.3 is 0 Å². The first-order valence-electron chi connectivity index (χ1n) is 9.09. The Kier molecular flexibility index (Phi) is 5.39. The summed E-state index contributed by atoms with van der Waals surface area (Å²) >= 11 is 0. The van der Waals surface area contributed by atoms with Gasteiger partial charge in [0, 0.05) is 38.9 Å². The molecule has 1 unspecified atom stereocenters. The normalized spacial score (nSPS) is 21.8. The first-order valence-corrected chi connectivity index (χ1v) is 10.5. The van der Waals surface area contributed by atoms with Crippen LogP contribution in [0.4, 0.5) is 5.82 Å². The summed E-state index contributed by atoms with van der Waals surface area (Å²) in [5.74, 6) is 1.07. The standard InChI is InChI=1S/C21H25N3OS/c25-17-19-7-5-15-26(19)20-8-2-1-6-18(20)16-23-11-13-24(14-12-23)21-9-3-4-10-22-21/h1-10,15,25-26H,11-14,16-17H2. The third-order valence-electron chi connectivity index (χ3n) is 4.99. The fourth-order valence-electron chi connectivity index (χ4n) is 3.58. The predicted molar refractivity (Wildman–Crippen MR) is 110 cm³/mol. The van der Waals surface area contributed by atoms with Crippen LogP contribution < -0.4 is 4.90 Å². The highest BCUT2D eigenvalue weighted by Gasteiger charge is 2.21. The van der Waals surface area contributed by atoms with Crippen LogP contribution in [0, 0.1) is 0 Å². The van der Waals surface area contributed by atoms with Crippen LogP contribution in [0.2, 0.25) is 0 Å². The summed E-state index contributed by atoms with van der Waals surface area (Å²) in [7, 11) is -0.513. The van der Waals surface area contributed by atoms with Gasteiger partial charge in [0.2, 0.25) is 0 Å². The third-order valence-corrected chi connectivity index (χ3v) is 7.32. The molecular formula is C21H25N3OS. The molecule has 1 atom stereocenters. The van der Waals surface area contributed by atoms with Crippen molar-refractivity contribution in [1.29, 1.82) is 0 Å². The number of hydrogen-bond donors (Lipinski definition) is 2. The number of anilines is 1. The van der Waals surface area contributed by atoms with Crippen LogP contribution in [-0.4, -0.2) is 47.8 Å². The van der Waals surface area contributed by atoms with Gasteiger partial charge in [0.15, 0.2) is 0 Å². The Morgan fingerprint density at radius 3 is 2.58 bits per heavy atom. The van der Waals surface area contributed by atoms with Gasteiger partial charge in [-0.1, -0.05) is 36.4 Å². The van der Waals surface area contributed by atoms with Gasteiger partial charge in [0.1, 0.15) is 5.82 Å². The molecule has 1 fully saturated rings. The average Bonchev–Trinajstić information content (AvgIpc) is 3.18. The molecular weight excluding hydrogens is 342 g/mol. The molecule has 1 N–H and O–H groups in total. The van der Waals surface area contributed by atoms with E-state index in [4.69, 9.17) is 0 Å². The van der Waals surface area contributed by atoms with Gasteiger partial charge in [-0.05, 0) is 39.0 Å². The van der Waals surface area contributed by atoms with E-state index in [-0.39, 0.29) is 6.61 Å². The zero-order valence-electron chi connectivity index (χ0n) is 14.8. The number of benzene rings is 1. The van der Waals surface area contributed by atoms with Crippen molar-refractivity contribution in [3.05, 3.63) is 76.7 Å². The fourth-order valence-corrected chi connectivity index (χ4v) is 5.60. The van der Waals surface area contributed by atoms with Crippen molar-refractivity contribution in [2.75, 3.05) is 37.7 Å². The molecule has 0 bridgehead atoms. The molecule has 0 aliphatic carbocycles. The Balaban J connectivity index is 1.43. The van der Waals surface area contributed by atoms with Gasteiger partial charge in [-0.3, -0.25) is 4.90 Å². The number of allylic oxidation sites excluding steroid dienone is 2. The molecule has 5 heteroatoms. The fraction of sp³-hybridized carbons (Fsp3) is 0.286. The molecule has 1 saturated heterocycles. The Morgan fingerprint density at radius 1 is 1.00 bits per heavy atom. The molecule has 136 valence electrons. The van der Waals surface area contributed by atoms with E-state index in [1.165, 1.54) is 10.5 Å². The number of aromatic nitrogens is 1. The predicted octanol–water partition coefficient (Wildman–Crippen LogP) is 3.17. The Morgan fingerprint density at radius 2 is 1.81 bits per heavy atom. The van der Waals surface area contributed by atoms with E-state index < -0.39 is 10.9 Å². The summed E-state index contributed by atoms with van der Waals surface area (Å²) in [5.41, 5.74) is 1.38. The number of hydrogen-bond acceptors (Lipinski definition) is 4. The van der Waals surface area contributed by atoms with Crippen LogP contribution in [-0.2, 0) is 6.54 Å². The van der Waals surface area contributed by atoms with Crippen LogP contribution in [0.5, 0.6) is 0 Å². The summed E-state index contributed by atoms with van der Waals surface area (Å²) in [6.07, 6.45) is 6.01. The number of thiol groups is 1. The van der Waals surface area contributed by atoms with E-state index in [2.05, 4.69) is 68.7 Å². The van der Waals surface area contributed by atoms with Gasteiger partial charge in [-0.2, -0.15) is 10.9 Å². The van der Waals surface area contributed by atoms with Crippen molar-refractivity contribution in [3.8, 4) is 0 Å². The molecule has 2 aliphatic rings. The van der Waals surface area contributed by atoms with Gasteiger partial charge in [-0.25, -0.2) is 4.98 Å². The zero-order valence-corrected chi connectivity index (χ0v) is 15.7. The van der Waals surface area contributed by atoms with Crippen molar-refractivity contribution >= 4 is 16.7 Å². The number of nitrogens with zero attached hydrogens (tertiary/aromatic N) is 3. The largest absolute Gasteiger partial charge is 0.391 e. The minimum atomic E-state index is -0.513. The molecule has 0 amide bonds. The van der Waals surface area contributed by atoms with Crippen LogP contribution in [0.3, 0.4) is 0 Å². The number of pyridine rings is 1. The Bertz CT molecular complexity index is 798. The number of aliphatic hydroxyl groups excluding tert-OH is 1. The maximum absolute atomic E-state index is 9.63. The van der Waals surface area contributed by atoms with E-state index in [0.29, 0.717) is 0 Å². The van der Waals surface area contributed by atoms with E-state index in [1.54, 1.807) is 0 Å². The molecule has 0 spiro atoms. The number of piperazine rings is 1. The van der Waals surface area contributed by atoms with Crippen LogP contribution in [0.25, 0.3) is 0 Å². The highest BCUT2D eigenvalue weighted by molar-refractivity contribution is 8.23. The van der Waals surface area contributed by atoms with Crippen LogP contribution in [0.15, 0.2) is 76.0 Å². The monoisotopic (exact) mass is 367 g/mol. The minimum absolute atomic E-state index is 0.149. The van der Waals surface area contributed by atoms with Crippen molar-refractivity contribution in [1.82, 2.24) is 9.88 Å². The molecule has 4 nitrogen and oxygen atoms in total. The number of aliphatic hydroxyl groups is 1. The van der Waals surface area contributed by atoms with E-state index in [1.807, 2.05) is 12.3 Å². The van der Waals surface area contributed by atoms with Crippen molar-refractivity contribution in [2.24, 2.45) is 0 Å². The molecule has 0 radical (unpaired) electrons. The summed E-state index contributed by atoms with van der Waals surface area (Å²) in [6, 6.07) is 14.8. The highest BCUT2D eigenvalue weighted by atomic mass is 32.2. The van der Waals surface area contributed by atoms with Gasteiger partial charge in [0.05, 0.1) is 6.61 Å². The first kappa shape index (κ1) is 17.3. The summed E-state index contributed by atoms with van der Waals surface area (Å²) in [6.45, 7) is 5.22. The lowest BCUT2D eigenvalue weighted by Gasteiger charge is -2.36. The summed E-state index contributed by atoms with van der Waals surface area (Å²) < 4.78 is 0. The molecule has 0 saturated carbocycles. The molecule has 26 heavy (non-hydrogen) atoms. The van der Waals surface area contributed by atoms with Gasteiger partial charge < -0.3 is 10.0 Å². The number of rotatable bonds is 5. The van der Waals surface area contributed by atoms with E-state index in [9.17, 15) is 5.11 Å². The summed E-state index contributed by atoms with van der Waals surface area (Å²) in [5, 5.41) is 11.9. The van der Waals surface area contributed by atoms with Crippen LogP contribution >= 0.6 is 10.9 Å². The molecule has 1 aromatic heterocycles. The maximum atomic E-state index is 9.63. The van der Waals surface area contributed by atoms with Crippen molar-refractivity contribution in [2.45, 2.75) is 11.4 Å². The highest BCUT2D eigenvalue weighted by Crippen LogP contribution is 2.49. The molecule has 2 aliphatic heterocycles. The Hall–Kier alpha value is -2.08. The molecule has 1 aromatic carbocycles. The van der Waals surface area contributed by atoms with Crippen molar-refractivity contribution < 1.29 is 5.11 Å². The lowest BCUT2D eigenvalue weighted by Crippen LogP contribution is -2.46. The second kappa shape index (κ2) is 8.08. The molecule has 4 rings (SSSR count).